The summed E-state index contributed by atoms with van der Waals surface area (Å²) in [7, 11) is 0. The average molecular weight is 181 g/mol. The summed E-state index contributed by atoms with van der Waals surface area (Å²) >= 11 is 1.47. The van der Waals surface area contributed by atoms with Crippen LogP contribution < -0.4 is 0 Å². The van der Waals surface area contributed by atoms with Gasteiger partial charge >= 0.3 is 5.97 Å². The van der Waals surface area contributed by atoms with Crippen molar-refractivity contribution in [1.29, 1.82) is 5.26 Å². The Morgan fingerprint density at radius 3 is 3.00 bits per heavy atom. The highest BCUT2D eigenvalue weighted by molar-refractivity contribution is 7.09. The Bertz CT molecular complexity index is 299. The zero-order valence-corrected chi connectivity index (χ0v) is 7.04. The number of carboxylic acid groups (broad SMARTS) is 1. The van der Waals surface area contributed by atoms with Gasteiger partial charge < -0.3 is 5.11 Å². The molecule has 62 valence electrons. The van der Waals surface area contributed by atoms with Gasteiger partial charge in [-0.3, -0.25) is 4.79 Å². The third-order valence-electron chi connectivity index (χ3n) is 1.44. The summed E-state index contributed by atoms with van der Waals surface area (Å²) in [6.45, 7) is 0. The lowest BCUT2D eigenvalue weighted by Gasteiger charge is -1.99. The molecular weight excluding hydrogens is 174 g/mol. The lowest BCUT2D eigenvalue weighted by atomic mass is 10.1. The number of carbonyl (C=O) groups is 1. The molecule has 0 saturated heterocycles. The van der Waals surface area contributed by atoms with Crippen molar-refractivity contribution in [3.8, 4) is 6.07 Å². The van der Waals surface area contributed by atoms with Crippen LogP contribution in [0.2, 0.25) is 0 Å². The van der Waals surface area contributed by atoms with E-state index in [9.17, 15) is 4.79 Å². The number of rotatable bonds is 3. The van der Waals surface area contributed by atoms with Crippen LogP contribution in [0.3, 0.4) is 0 Å². The minimum atomic E-state index is -1.05. The highest BCUT2D eigenvalue weighted by atomic mass is 32.1. The molecule has 0 bridgehead atoms. The summed E-state index contributed by atoms with van der Waals surface area (Å²) in [4.78, 5) is 11.4. The van der Waals surface area contributed by atoms with E-state index in [0.29, 0.717) is 6.42 Å². The maximum Gasteiger partial charge on any atom is 0.321 e. The molecule has 4 heteroatoms. The molecule has 1 aromatic heterocycles. The molecule has 0 aliphatic rings. The largest absolute Gasteiger partial charge is 0.480 e. The van der Waals surface area contributed by atoms with Gasteiger partial charge in [0.15, 0.2) is 0 Å². The molecular formula is C8H7NO2S. The lowest BCUT2D eigenvalue weighted by Crippen LogP contribution is -2.13. The molecule has 0 amide bonds. The molecule has 1 atom stereocenters. The van der Waals surface area contributed by atoms with Crippen molar-refractivity contribution >= 4 is 17.3 Å². The average Bonchev–Trinajstić information content (AvgIpc) is 2.51. The van der Waals surface area contributed by atoms with Crippen LogP contribution in [0.4, 0.5) is 0 Å². The Hall–Kier alpha value is -1.34. The fourth-order valence-electron chi connectivity index (χ4n) is 0.818. The first-order chi connectivity index (χ1) is 5.74. The lowest BCUT2D eigenvalue weighted by molar-refractivity contribution is -0.139. The molecule has 0 aliphatic carbocycles. The SMILES string of the molecule is N#CC(Cc1cccs1)C(=O)O. The Morgan fingerprint density at radius 2 is 2.58 bits per heavy atom. The van der Waals surface area contributed by atoms with Gasteiger partial charge in [0.1, 0.15) is 5.92 Å². The van der Waals surface area contributed by atoms with Crippen LogP contribution >= 0.6 is 11.3 Å². The number of nitriles is 1. The Morgan fingerprint density at radius 1 is 1.83 bits per heavy atom. The van der Waals surface area contributed by atoms with Crippen molar-refractivity contribution in [3.05, 3.63) is 22.4 Å². The highest BCUT2D eigenvalue weighted by Gasteiger charge is 2.16. The highest BCUT2D eigenvalue weighted by Crippen LogP contribution is 2.14. The van der Waals surface area contributed by atoms with Crippen LogP contribution in [-0.2, 0) is 11.2 Å². The zero-order valence-electron chi connectivity index (χ0n) is 6.23. The van der Waals surface area contributed by atoms with Gasteiger partial charge in [-0.1, -0.05) is 6.07 Å². The quantitative estimate of drug-likeness (QED) is 0.768. The van der Waals surface area contributed by atoms with Crippen LogP contribution in [0, 0.1) is 17.2 Å². The normalized spacial score (nSPS) is 11.9. The van der Waals surface area contributed by atoms with E-state index in [0.717, 1.165) is 4.88 Å². The van der Waals surface area contributed by atoms with Gasteiger partial charge in [-0.25, -0.2) is 0 Å². The van der Waals surface area contributed by atoms with E-state index in [1.807, 2.05) is 17.5 Å². The summed E-state index contributed by atoms with van der Waals surface area (Å²) < 4.78 is 0. The molecule has 0 radical (unpaired) electrons. The first-order valence-electron chi connectivity index (χ1n) is 3.39. The van der Waals surface area contributed by atoms with Gasteiger partial charge in [0.05, 0.1) is 6.07 Å². The van der Waals surface area contributed by atoms with Crippen LogP contribution in [0.1, 0.15) is 4.88 Å². The van der Waals surface area contributed by atoms with Crippen molar-refractivity contribution in [2.75, 3.05) is 0 Å². The molecule has 3 nitrogen and oxygen atoms in total. The van der Waals surface area contributed by atoms with Gasteiger partial charge in [0.25, 0.3) is 0 Å². The van der Waals surface area contributed by atoms with E-state index in [2.05, 4.69) is 0 Å². The minimum absolute atomic E-state index is 0.309. The third kappa shape index (κ3) is 2.07. The predicted octanol–water partition coefficient (Wildman–Crippen LogP) is 1.51. The predicted molar refractivity (Wildman–Crippen MR) is 44.8 cm³/mol. The smallest absolute Gasteiger partial charge is 0.321 e. The van der Waals surface area contributed by atoms with Crippen LogP contribution in [0.5, 0.6) is 0 Å². The van der Waals surface area contributed by atoms with E-state index in [1.54, 1.807) is 6.07 Å². The number of hydrogen-bond donors (Lipinski definition) is 1. The number of aliphatic carboxylic acids is 1. The number of carboxylic acids is 1. The molecule has 1 unspecified atom stereocenters. The van der Waals surface area contributed by atoms with Crippen molar-refractivity contribution in [2.24, 2.45) is 5.92 Å². The molecule has 1 aromatic rings. The standard InChI is InChI=1S/C8H7NO2S/c9-5-6(8(10)11)4-7-2-1-3-12-7/h1-3,6H,4H2,(H,10,11). The van der Waals surface area contributed by atoms with Crippen LogP contribution in [0.25, 0.3) is 0 Å². The third-order valence-corrected chi connectivity index (χ3v) is 2.34. The monoisotopic (exact) mass is 181 g/mol. The maximum atomic E-state index is 10.4. The van der Waals surface area contributed by atoms with Crippen LogP contribution in [-0.4, -0.2) is 11.1 Å². The van der Waals surface area contributed by atoms with Crippen molar-refractivity contribution in [3.63, 3.8) is 0 Å². The number of thiophene rings is 1. The molecule has 0 fully saturated rings. The van der Waals surface area contributed by atoms with E-state index >= 15 is 0 Å². The molecule has 0 aliphatic heterocycles. The van der Waals surface area contributed by atoms with Crippen LogP contribution in [0.15, 0.2) is 17.5 Å². The van der Waals surface area contributed by atoms with Gasteiger partial charge in [0, 0.05) is 11.3 Å². The number of nitrogens with zero attached hydrogens (tertiary/aromatic N) is 1. The fraction of sp³-hybridized carbons (Fsp3) is 0.250. The molecule has 1 N–H and O–H groups in total. The summed E-state index contributed by atoms with van der Waals surface area (Å²) in [5.41, 5.74) is 0. The Kier molecular flexibility index (Phi) is 2.83. The second kappa shape index (κ2) is 3.88. The summed E-state index contributed by atoms with van der Waals surface area (Å²) in [5, 5.41) is 18.9. The molecule has 12 heavy (non-hydrogen) atoms. The Labute approximate surface area is 73.9 Å². The van der Waals surface area contributed by atoms with Crippen molar-refractivity contribution in [1.82, 2.24) is 0 Å². The minimum Gasteiger partial charge on any atom is -0.480 e. The first kappa shape index (κ1) is 8.75. The zero-order chi connectivity index (χ0) is 8.97. The van der Waals surface area contributed by atoms with E-state index in [-0.39, 0.29) is 0 Å². The van der Waals surface area contributed by atoms with Crippen molar-refractivity contribution in [2.45, 2.75) is 6.42 Å². The Balaban J connectivity index is 2.62. The van der Waals surface area contributed by atoms with Gasteiger partial charge in [-0.15, -0.1) is 11.3 Å². The maximum absolute atomic E-state index is 10.4. The topological polar surface area (TPSA) is 61.1 Å². The summed E-state index contributed by atoms with van der Waals surface area (Å²) in [6, 6.07) is 5.42. The second-order valence-corrected chi connectivity index (χ2v) is 3.34. The van der Waals surface area contributed by atoms with E-state index < -0.39 is 11.9 Å². The summed E-state index contributed by atoms with van der Waals surface area (Å²) in [5.74, 6) is -1.96. The van der Waals surface area contributed by atoms with E-state index in [4.69, 9.17) is 10.4 Å². The van der Waals surface area contributed by atoms with Crippen molar-refractivity contribution < 1.29 is 9.90 Å². The van der Waals surface area contributed by atoms with Gasteiger partial charge in [0.2, 0.25) is 0 Å². The fourth-order valence-corrected chi connectivity index (χ4v) is 1.57. The first-order valence-corrected chi connectivity index (χ1v) is 4.27. The molecule has 0 aromatic carbocycles. The van der Waals surface area contributed by atoms with E-state index in [1.165, 1.54) is 11.3 Å². The second-order valence-electron chi connectivity index (χ2n) is 2.30. The van der Waals surface area contributed by atoms with Gasteiger partial charge in [-0.05, 0) is 11.4 Å². The molecule has 1 rings (SSSR count). The molecule has 1 heterocycles. The molecule has 0 saturated carbocycles. The van der Waals surface area contributed by atoms with Gasteiger partial charge in [-0.2, -0.15) is 5.26 Å². The molecule has 0 spiro atoms. The number of hydrogen-bond acceptors (Lipinski definition) is 3. The summed E-state index contributed by atoms with van der Waals surface area (Å²) in [6.07, 6.45) is 0.309.